The zero-order valence-corrected chi connectivity index (χ0v) is 21.9. The van der Waals surface area contributed by atoms with E-state index in [0.29, 0.717) is 58.7 Å². The summed E-state index contributed by atoms with van der Waals surface area (Å²) in [5.74, 6) is -0.0410. The van der Waals surface area contributed by atoms with Crippen LogP contribution in [0, 0.1) is 5.41 Å². The van der Waals surface area contributed by atoms with Crippen LogP contribution < -0.4 is 10.2 Å². The summed E-state index contributed by atoms with van der Waals surface area (Å²) in [5.41, 5.74) is 3.03. The number of nitrogens with zero attached hydrogens (tertiary/aromatic N) is 3. The molecule has 0 spiro atoms. The van der Waals surface area contributed by atoms with Gasteiger partial charge in [-0.25, -0.2) is 4.98 Å². The van der Waals surface area contributed by atoms with Crippen molar-refractivity contribution in [3.8, 4) is 0 Å². The van der Waals surface area contributed by atoms with Crippen LogP contribution in [0.4, 0.5) is 11.5 Å². The van der Waals surface area contributed by atoms with Gasteiger partial charge in [0.25, 0.3) is 28.0 Å². The number of halogens is 1. The van der Waals surface area contributed by atoms with Gasteiger partial charge >= 0.3 is 0 Å². The van der Waals surface area contributed by atoms with Crippen molar-refractivity contribution in [2.75, 3.05) is 29.6 Å². The number of carbonyl (C=O) groups is 2. The molecule has 2 aliphatic rings. The van der Waals surface area contributed by atoms with E-state index in [2.05, 4.69) is 10.3 Å². The molecule has 3 aromatic rings. The van der Waals surface area contributed by atoms with Crippen LogP contribution in [-0.4, -0.2) is 60.1 Å². The summed E-state index contributed by atoms with van der Waals surface area (Å²) in [6.07, 6.45) is 2.24. The number of amidine groups is 1. The third-order valence-electron chi connectivity index (χ3n) is 5.35. The van der Waals surface area contributed by atoms with E-state index in [9.17, 15) is 18.0 Å². The third kappa shape index (κ3) is 6.63. The SMILES string of the molecule is CS(=O)(=O)O.N=C1OCCN1c1cccc(CN2Cc3c(ccnc3NC(=O)c3ccc(Cl)s3)C2=O)c1. The number of thiophene rings is 1. The van der Waals surface area contributed by atoms with Crippen LogP contribution >= 0.6 is 22.9 Å². The summed E-state index contributed by atoms with van der Waals surface area (Å²) >= 11 is 7.11. The van der Waals surface area contributed by atoms with Gasteiger partial charge in [0.2, 0.25) is 0 Å². The lowest BCUT2D eigenvalue weighted by molar-refractivity contribution is 0.0766. The van der Waals surface area contributed by atoms with Gasteiger partial charge in [0.1, 0.15) is 12.4 Å². The summed E-state index contributed by atoms with van der Waals surface area (Å²) in [7, 11) is -3.67. The maximum atomic E-state index is 13.0. The highest BCUT2D eigenvalue weighted by Gasteiger charge is 2.31. The van der Waals surface area contributed by atoms with E-state index < -0.39 is 10.1 Å². The predicted molar refractivity (Wildman–Crippen MR) is 140 cm³/mol. The van der Waals surface area contributed by atoms with Gasteiger partial charge in [0, 0.05) is 29.6 Å². The zero-order chi connectivity index (χ0) is 26.7. The summed E-state index contributed by atoms with van der Waals surface area (Å²) < 4.78 is 31.6. The fourth-order valence-corrected chi connectivity index (χ4v) is 4.77. The summed E-state index contributed by atoms with van der Waals surface area (Å²) in [6, 6.07) is 12.9. The number of nitrogens with one attached hydrogen (secondary N) is 2. The maximum Gasteiger partial charge on any atom is 0.289 e. The Balaban J connectivity index is 0.000000586. The Morgan fingerprint density at radius 1 is 1.30 bits per heavy atom. The molecule has 0 bridgehead atoms. The fraction of sp³-hybridized carbons (Fsp3) is 0.217. The first kappa shape index (κ1) is 26.5. The van der Waals surface area contributed by atoms with Gasteiger partial charge in [-0.1, -0.05) is 23.7 Å². The minimum atomic E-state index is -3.67. The Kier molecular flexibility index (Phi) is 7.78. The Labute approximate surface area is 221 Å². The standard InChI is InChI=1S/C22H18ClN5O3S.CH4O3S/c23-18-5-4-17(32-18)20(29)26-19-16-12-27(21(30)15(16)6-7-25-19)11-13-2-1-3-14(10-13)28-8-9-31-22(28)24;1-5(2,3)4/h1-7,10,24H,8-9,11-12H2,(H,25,26,29);1H3,(H,2,3,4). The Bertz CT molecular complexity index is 1470. The van der Waals surface area contributed by atoms with Gasteiger partial charge in [-0.2, -0.15) is 8.42 Å². The van der Waals surface area contributed by atoms with Gasteiger partial charge < -0.3 is 15.0 Å². The summed E-state index contributed by atoms with van der Waals surface area (Å²) in [5, 5.41) is 10.7. The number of amides is 2. The molecular formula is C23H22ClN5O6S2. The molecule has 11 nitrogen and oxygen atoms in total. The number of hydrogen-bond donors (Lipinski definition) is 3. The molecule has 4 heterocycles. The van der Waals surface area contributed by atoms with Crippen molar-refractivity contribution in [2.24, 2.45) is 0 Å². The van der Waals surface area contributed by atoms with Gasteiger partial charge in [0.15, 0.2) is 0 Å². The predicted octanol–water partition coefficient (Wildman–Crippen LogP) is 3.48. The average Bonchev–Trinajstić information content (AvgIpc) is 3.53. The fourth-order valence-electron chi connectivity index (χ4n) is 3.83. The minimum Gasteiger partial charge on any atom is -0.463 e. The highest BCUT2D eigenvalue weighted by Crippen LogP contribution is 2.31. The van der Waals surface area contributed by atoms with Crippen LogP contribution in [0.15, 0.2) is 48.7 Å². The van der Waals surface area contributed by atoms with Gasteiger partial charge in [0.05, 0.1) is 28.6 Å². The minimum absolute atomic E-state index is 0.111. The lowest BCUT2D eigenvalue weighted by atomic mass is 10.1. The Morgan fingerprint density at radius 3 is 2.70 bits per heavy atom. The molecule has 1 fully saturated rings. The van der Waals surface area contributed by atoms with Gasteiger partial charge in [-0.05, 0) is 35.9 Å². The van der Waals surface area contributed by atoms with Crippen molar-refractivity contribution < 1.29 is 27.3 Å². The first-order chi connectivity index (χ1) is 17.5. The first-order valence-corrected chi connectivity index (χ1v) is 13.9. The Morgan fingerprint density at radius 2 is 2.05 bits per heavy atom. The molecule has 0 aliphatic carbocycles. The van der Waals surface area contributed by atoms with Crippen LogP contribution in [-0.2, 0) is 27.9 Å². The van der Waals surface area contributed by atoms with Crippen LogP contribution in [0.5, 0.6) is 0 Å². The second-order valence-corrected chi connectivity index (χ2v) is 11.3. The number of benzene rings is 1. The van der Waals surface area contributed by atoms with Crippen molar-refractivity contribution in [3.05, 3.63) is 74.6 Å². The molecule has 0 saturated carbocycles. The number of hydrogen-bond acceptors (Lipinski definition) is 8. The zero-order valence-electron chi connectivity index (χ0n) is 19.5. The molecule has 1 aromatic carbocycles. The van der Waals surface area contributed by atoms with E-state index in [1.165, 1.54) is 17.5 Å². The molecule has 5 rings (SSSR count). The third-order valence-corrected chi connectivity index (χ3v) is 6.58. The van der Waals surface area contributed by atoms with Crippen LogP contribution in [0.25, 0.3) is 0 Å². The molecule has 3 N–H and O–H groups in total. The first-order valence-electron chi connectivity index (χ1n) is 10.8. The van der Waals surface area contributed by atoms with Crippen molar-refractivity contribution in [3.63, 3.8) is 0 Å². The Hall–Kier alpha value is -3.52. The lowest BCUT2D eigenvalue weighted by Crippen LogP contribution is -2.25. The molecule has 0 atom stereocenters. The van der Waals surface area contributed by atoms with E-state index >= 15 is 0 Å². The van der Waals surface area contributed by atoms with Crippen LogP contribution in [0.3, 0.4) is 0 Å². The molecule has 14 heteroatoms. The van der Waals surface area contributed by atoms with E-state index in [1.807, 2.05) is 24.3 Å². The second kappa shape index (κ2) is 10.8. The number of fused-ring (bicyclic) bond motifs is 1. The molecule has 194 valence electrons. The van der Waals surface area contributed by atoms with Crippen molar-refractivity contribution in [1.29, 1.82) is 5.41 Å². The normalized spacial score (nSPS) is 14.7. The van der Waals surface area contributed by atoms with E-state index in [0.717, 1.165) is 11.3 Å². The molecular weight excluding hydrogens is 542 g/mol. The molecule has 0 radical (unpaired) electrons. The molecule has 0 unspecified atom stereocenters. The number of aromatic nitrogens is 1. The maximum absolute atomic E-state index is 13.0. The molecule has 2 amide bonds. The smallest absolute Gasteiger partial charge is 0.289 e. The lowest BCUT2D eigenvalue weighted by Gasteiger charge is -2.19. The number of anilines is 2. The molecule has 37 heavy (non-hydrogen) atoms. The second-order valence-electron chi connectivity index (χ2n) is 8.11. The van der Waals surface area contributed by atoms with Crippen molar-refractivity contribution in [2.45, 2.75) is 13.1 Å². The van der Waals surface area contributed by atoms with Crippen molar-refractivity contribution in [1.82, 2.24) is 9.88 Å². The monoisotopic (exact) mass is 563 g/mol. The van der Waals surface area contributed by atoms with E-state index in [4.69, 9.17) is 26.3 Å². The highest BCUT2D eigenvalue weighted by molar-refractivity contribution is 7.85. The average molecular weight is 564 g/mol. The number of carbonyl (C=O) groups excluding carboxylic acids is 2. The van der Waals surface area contributed by atoms with Gasteiger partial charge in [-0.15, -0.1) is 11.3 Å². The van der Waals surface area contributed by atoms with Crippen LogP contribution in [0.1, 0.15) is 31.2 Å². The summed E-state index contributed by atoms with van der Waals surface area (Å²) in [6.45, 7) is 1.86. The summed E-state index contributed by atoms with van der Waals surface area (Å²) in [4.78, 5) is 33.8. The quantitative estimate of drug-likeness (QED) is 0.399. The topological polar surface area (TPSA) is 153 Å². The number of ether oxygens (including phenoxy) is 1. The molecule has 2 aliphatic heterocycles. The highest BCUT2D eigenvalue weighted by atomic mass is 35.5. The molecule has 2 aromatic heterocycles. The van der Waals surface area contributed by atoms with E-state index in [-0.39, 0.29) is 17.8 Å². The largest absolute Gasteiger partial charge is 0.463 e. The van der Waals surface area contributed by atoms with E-state index in [1.54, 1.807) is 28.0 Å². The number of rotatable bonds is 5. The van der Waals surface area contributed by atoms with Gasteiger partial charge in [-0.3, -0.25) is 24.5 Å². The number of pyridine rings is 1. The molecule has 1 saturated heterocycles. The van der Waals surface area contributed by atoms with Crippen molar-refractivity contribution >= 4 is 62.4 Å². The van der Waals surface area contributed by atoms with Crippen LogP contribution in [0.2, 0.25) is 4.34 Å².